The first kappa shape index (κ1) is 16.6. The molecule has 0 radical (unpaired) electrons. The van der Waals surface area contributed by atoms with E-state index >= 15 is 0 Å². The standard InChI is InChI=1S/C17H20N4O2/c1-3-21(4-2)17(23)14-7-10-19-15(11-14)16(22)20-12-13-5-8-18-9-6-13/h5-11H,3-4,12H2,1-2H3,(H,20,22). The summed E-state index contributed by atoms with van der Waals surface area (Å²) in [6.07, 6.45) is 4.82. The van der Waals surface area contributed by atoms with Crippen LogP contribution in [-0.2, 0) is 6.54 Å². The first-order valence-electron chi connectivity index (χ1n) is 7.58. The summed E-state index contributed by atoms with van der Waals surface area (Å²) in [5, 5.41) is 2.78. The van der Waals surface area contributed by atoms with E-state index in [0.29, 0.717) is 25.2 Å². The zero-order chi connectivity index (χ0) is 16.7. The minimum atomic E-state index is -0.309. The topological polar surface area (TPSA) is 75.2 Å². The Balaban J connectivity index is 2.06. The monoisotopic (exact) mass is 312 g/mol. The number of pyridine rings is 2. The zero-order valence-electron chi connectivity index (χ0n) is 13.3. The lowest BCUT2D eigenvalue weighted by Gasteiger charge is -2.18. The van der Waals surface area contributed by atoms with Crippen LogP contribution in [-0.4, -0.2) is 39.8 Å². The van der Waals surface area contributed by atoms with Crippen LogP contribution in [0.25, 0.3) is 0 Å². The van der Waals surface area contributed by atoms with Crippen molar-refractivity contribution in [2.24, 2.45) is 0 Å². The molecule has 0 bridgehead atoms. The molecule has 0 aromatic carbocycles. The van der Waals surface area contributed by atoms with Crippen molar-refractivity contribution >= 4 is 11.8 Å². The van der Waals surface area contributed by atoms with Gasteiger partial charge in [-0.3, -0.25) is 19.6 Å². The number of nitrogens with one attached hydrogen (secondary N) is 1. The van der Waals surface area contributed by atoms with Crippen molar-refractivity contribution in [2.45, 2.75) is 20.4 Å². The molecular formula is C17H20N4O2. The molecule has 1 N–H and O–H groups in total. The van der Waals surface area contributed by atoms with Gasteiger partial charge in [-0.1, -0.05) is 0 Å². The summed E-state index contributed by atoms with van der Waals surface area (Å²) in [5.41, 5.74) is 1.65. The van der Waals surface area contributed by atoms with Gasteiger partial charge in [0.2, 0.25) is 0 Å². The van der Waals surface area contributed by atoms with Gasteiger partial charge in [0, 0.05) is 43.8 Å². The van der Waals surface area contributed by atoms with Gasteiger partial charge in [0.1, 0.15) is 5.69 Å². The number of hydrogen-bond acceptors (Lipinski definition) is 4. The van der Waals surface area contributed by atoms with Gasteiger partial charge in [0.25, 0.3) is 11.8 Å². The van der Waals surface area contributed by atoms with Crippen molar-refractivity contribution in [3.8, 4) is 0 Å². The fourth-order valence-corrected chi connectivity index (χ4v) is 2.15. The number of aromatic nitrogens is 2. The molecule has 0 fully saturated rings. The summed E-state index contributed by atoms with van der Waals surface area (Å²) in [6.45, 7) is 5.48. The summed E-state index contributed by atoms with van der Waals surface area (Å²) in [4.78, 5) is 34.2. The van der Waals surface area contributed by atoms with Gasteiger partial charge in [-0.15, -0.1) is 0 Å². The average Bonchev–Trinajstić information content (AvgIpc) is 2.61. The Morgan fingerprint density at radius 1 is 1.09 bits per heavy atom. The number of carbonyl (C=O) groups excluding carboxylic acids is 2. The molecule has 0 saturated carbocycles. The number of hydrogen-bond donors (Lipinski definition) is 1. The predicted molar refractivity (Wildman–Crippen MR) is 86.9 cm³/mol. The molecule has 2 amide bonds. The van der Waals surface area contributed by atoms with Crippen molar-refractivity contribution < 1.29 is 9.59 Å². The van der Waals surface area contributed by atoms with Gasteiger partial charge in [0.15, 0.2) is 0 Å². The fourth-order valence-electron chi connectivity index (χ4n) is 2.15. The van der Waals surface area contributed by atoms with Crippen molar-refractivity contribution in [1.29, 1.82) is 0 Å². The maximum Gasteiger partial charge on any atom is 0.270 e. The minimum Gasteiger partial charge on any atom is -0.347 e. The zero-order valence-corrected chi connectivity index (χ0v) is 13.3. The van der Waals surface area contributed by atoms with E-state index in [-0.39, 0.29) is 17.5 Å². The molecular weight excluding hydrogens is 292 g/mol. The first-order valence-corrected chi connectivity index (χ1v) is 7.58. The smallest absolute Gasteiger partial charge is 0.270 e. The lowest BCUT2D eigenvalue weighted by atomic mass is 10.2. The molecule has 120 valence electrons. The van der Waals surface area contributed by atoms with Crippen molar-refractivity contribution in [1.82, 2.24) is 20.2 Å². The van der Waals surface area contributed by atoms with E-state index in [2.05, 4.69) is 15.3 Å². The van der Waals surface area contributed by atoms with Gasteiger partial charge < -0.3 is 10.2 Å². The van der Waals surface area contributed by atoms with E-state index in [1.807, 2.05) is 26.0 Å². The summed E-state index contributed by atoms with van der Waals surface area (Å²) in [5.74, 6) is -0.406. The van der Waals surface area contributed by atoms with Crippen LogP contribution in [0.4, 0.5) is 0 Å². The molecule has 0 unspecified atom stereocenters. The number of carbonyl (C=O) groups is 2. The maximum atomic E-state index is 12.3. The molecule has 0 aliphatic carbocycles. The fraction of sp³-hybridized carbons (Fsp3) is 0.294. The Bertz CT molecular complexity index is 669. The third-order valence-corrected chi connectivity index (χ3v) is 3.49. The highest BCUT2D eigenvalue weighted by Crippen LogP contribution is 2.07. The van der Waals surface area contributed by atoms with Gasteiger partial charge >= 0.3 is 0 Å². The summed E-state index contributed by atoms with van der Waals surface area (Å²) in [6, 6.07) is 6.81. The third-order valence-electron chi connectivity index (χ3n) is 3.49. The van der Waals surface area contributed by atoms with E-state index in [9.17, 15) is 9.59 Å². The van der Waals surface area contributed by atoms with E-state index in [4.69, 9.17) is 0 Å². The maximum absolute atomic E-state index is 12.3. The van der Waals surface area contributed by atoms with Crippen LogP contribution in [0.2, 0.25) is 0 Å². The predicted octanol–water partition coefficient (Wildman–Crippen LogP) is 1.89. The van der Waals surface area contributed by atoms with Crippen LogP contribution in [0.1, 0.15) is 40.3 Å². The number of nitrogens with zero attached hydrogens (tertiary/aromatic N) is 3. The first-order chi connectivity index (χ1) is 11.2. The molecule has 2 heterocycles. The highest BCUT2D eigenvalue weighted by atomic mass is 16.2. The molecule has 0 aliphatic heterocycles. The van der Waals surface area contributed by atoms with E-state index in [1.54, 1.807) is 23.4 Å². The molecule has 6 heteroatoms. The molecule has 0 spiro atoms. The molecule has 0 aliphatic rings. The van der Waals surface area contributed by atoms with Crippen LogP contribution < -0.4 is 5.32 Å². The number of rotatable bonds is 6. The van der Waals surface area contributed by atoms with E-state index in [1.165, 1.54) is 12.3 Å². The lowest BCUT2D eigenvalue weighted by Crippen LogP contribution is -2.31. The lowest BCUT2D eigenvalue weighted by molar-refractivity contribution is 0.0773. The summed E-state index contributed by atoms with van der Waals surface area (Å²) >= 11 is 0. The average molecular weight is 312 g/mol. The minimum absolute atomic E-state index is 0.0967. The number of amides is 2. The van der Waals surface area contributed by atoms with E-state index < -0.39 is 0 Å². The Labute approximate surface area is 135 Å². The van der Waals surface area contributed by atoms with Crippen molar-refractivity contribution in [3.63, 3.8) is 0 Å². The second kappa shape index (κ2) is 8.03. The molecule has 2 aromatic rings. The van der Waals surface area contributed by atoms with Gasteiger partial charge in [0.05, 0.1) is 0 Å². The highest BCUT2D eigenvalue weighted by molar-refractivity contribution is 5.98. The molecule has 0 saturated heterocycles. The second-order valence-corrected chi connectivity index (χ2v) is 4.95. The van der Waals surface area contributed by atoms with Crippen LogP contribution in [0.3, 0.4) is 0 Å². The summed E-state index contributed by atoms with van der Waals surface area (Å²) < 4.78 is 0. The van der Waals surface area contributed by atoms with Gasteiger partial charge in [-0.2, -0.15) is 0 Å². The van der Waals surface area contributed by atoms with Crippen LogP contribution in [0.5, 0.6) is 0 Å². The van der Waals surface area contributed by atoms with Gasteiger partial charge in [-0.05, 0) is 43.7 Å². The van der Waals surface area contributed by atoms with Gasteiger partial charge in [-0.25, -0.2) is 0 Å². The second-order valence-electron chi connectivity index (χ2n) is 4.95. The molecule has 6 nitrogen and oxygen atoms in total. The summed E-state index contributed by atoms with van der Waals surface area (Å²) in [7, 11) is 0. The van der Waals surface area contributed by atoms with E-state index in [0.717, 1.165) is 5.56 Å². The van der Waals surface area contributed by atoms with Crippen LogP contribution in [0, 0.1) is 0 Å². The van der Waals surface area contributed by atoms with Crippen molar-refractivity contribution in [2.75, 3.05) is 13.1 Å². The highest BCUT2D eigenvalue weighted by Gasteiger charge is 2.15. The quantitative estimate of drug-likeness (QED) is 0.884. The largest absolute Gasteiger partial charge is 0.347 e. The SMILES string of the molecule is CCN(CC)C(=O)c1ccnc(C(=O)NCc2ccncc2)c1. The Kier molecular flexibility index (Phi) is 5.80. The Hall–Kier alpha value is -2.76. The molecule has 23 heavy (non-hydrogen) atoms. The Morgan fingerprint density at radius 3 is 2.43 bits per heavy atom. The van der Waals surface area contributed by atoms with Crippen LogP contribution >= 0.6 is 0 Å². The van der Waals surface area contributed by atoms with Crippen LogP contribution in [0.15, 0.2) is 42.9 Å². The molecule has 2 rings (SSSR count). The molecule has 2 aromatic heterocycles. The third kappa shape index (κ3) is 4.35. The normalized spacial score (nSPS) is 10.2. The Morgan fingerprint density at radius 2 is 1.78 bits per heavy atom. The molecule has 0 atom stereocenters. The van der Waals surface area contributed by atoms with Crippen molar-refractivity contribution in [3.05, 3.63) is 59.7 Å².